The van der Waals surface area contributed by atoms with Gasteiger partial charge in [-0.3, -0.25) is 9.59 Å². The van der Waals surface area contributed by atoms with Gasteiger partial charge in [-0.2, -0.15) is 0 Å². The van der Waals surface area contributed by atoms with Crippen LogP contribution in [0, 0.1) is 0 Å². The van der Waals surface area contributed by atoms with Crippen molar-refractivity contribution in [3.63, 3.8) is 0 Å². The number of hydrogen-bond donors (Lipinski definition) is 3. The number of carboxylic acid groups (broad SMARTS) is 1. The maximum atomic E-state index is 13.0. The van der Waals surface area contributed by atoms with Crippen molar-refractivity contribution in [3.05, 3.63) is 59.7 Å². The number of carbonyl (C=O) groups excluding carboxylic acids is 2. The van der Waals surface area contributed by atoms with Crippen LogP contribution >= 0.6 is 0 Å². The van der Waals surface area contributed by atoms with E-state index in [1.54, 1.807) is 0 Å². The molecule has 0 saturated carbocycles. The number of nitrogens with one attached hydrogen (secondary N) is 2. The van der Waals surface area contributed by atoms with Crippen molar-refractivity contribution in [1.29, 1.82) is 0 Å². The number of ether oxygens (including phenoxy) is 1. The maximum absolute atomic E-state index is 13.0. The smallest absolute Gasteiger partial charge is 0.407 e. The average Bonchev–Trinajstić information content (AvgIpc) is 3.08. The number of alkyl halides is 1. The number of hydrogen-bond acceptors (Lipinski definition) is 4. The lowest BCUT2D eigenvalue weighted by atomic mass is 9.98. The van der Waals surface area contributed by atoms with Gasteiger partial charge in [0.2, 0.25) is 5.91 Å². The molecule has 2 amide bonds. The van der Waals surface area contributed by atoms with Crippen molar-refractivity contribution in [2.45, 2.75) is 44.3 Å². The van der Waals surface area contributed by atoms with E-state index in [1.165, 1.54) is 6.92 Å². The van der Waals surface area contributed by atoms with Gasteiger partial charge in [0, 0.05) is 18.9 Å². The predicted molar refractivity (Wildman–Crippen MR) is 117 cm³/mol. The van der Waals surface area contributed by atoms with Crippen LogP contribution in [0.1, 0.15) is 43.2 Å². The van der Waals surface area contributed by atoms with Crippen molar-refractivity contribution in [2.24, 2.45) is 0 Å². The lowest BCUT2D eigenvalue weighted by molar-refractivity contribution is -0.137. The number of alkyl carbamates (subject to hydrolysis) is 1. The molecule has 3 N–H and O–H groups in total. The molecular weight excluding hydrogens is 415 g/mol. The molecule has 2 aromatic carbocycles. The van der Waals surface area contributed by atoms with E-state index in [4.69, 9.17) is 9.84 Å². The van der Waals surface area contributed by atoms with Gasteiger partial charge < -0.3 is 20.5 Å². The van der Waals surface area contributed by atoms with E-state index in [2.05, 4.69) is 10.6 Å². The molecular formula is C24H27FN2O5. The Balaban J connectivity index is 1.62. The van der Waals surface area contributed by atoms with Gasteiger partial charge in [0.15, 0.2) is 0 Å². The van der Waals surface area contributed by atoms with Crippen LogP contribution in [-0.4, -0.2) is 48.4 Å². The number of carboxylic acids is 1. The summed E-state index contributed by atoms with van der Waals surface area (Å²) in [6, 6.07) is 14.7. The fraction of sp³-hybridized carbons (Fsp3) is 0.375. The summed E-state index contributed by atoms with van der Waals surface area (Å²) >= 11 is 0. The van der Waals surface area contributed by atoms with Gasteiger partial charge >= 0.3 is 12.1 Å². The van der Waals surface area contributed by atoms with Crippen molar-refractivity contribution in [2.75, 3.05) is 13.2 Å². The SMILES string of the molecule is CC(F)CCNC(=O)C(CCC(=O)O)NC(=O)OCC1c2ccccc2-c2ccccc21. The number of halogens is 1. The molecule has 170 valence electrons. The van der Waals surface area contributed by atoms with Gasteiger partial charge in [-0.1, -0.05) is 48.5 Å². The molecule has 8 heteroatoms. The molecule has 3 rings (SSSR count). The van der Waals surface area contributed by atoms with Crippen LogP contribution in [0.2, 0.25) is 0 Å². The summed E-state index contributed by atoms with van der Waals surface area (Å²) in [6.07, 6.45) is -2.17. The van der Waals surface area contributed by atoms with Crippen molar-refractivity contribution in [1.82, 2.24) is 10.6 Å². The molecule has 0 aliphatic heterocycles. The number of benzene rings is 2. The molecule has 0 bridgehead atoms. The van der Waals surface area contributed by atoms with E-state index in [1.807, 2.05) is 48.5 Å². The second kappa shape index (κ2) is 10.7. The summed E-state index contributed by atoms with van der Waals surface area (Å²) in [5.74, 6) is -1.79. The fourth-order valence-corrected chi connectivity index (χ4v) is 3.84. The molecule has 1 aliphatic carbocycles. The molecule has 7 nitrogen and oxygen atoms in total. The van der Waals surface area contributed by atoms with E-state index < -0.39 is 30.2 Å². The minimum Gasteiger partial charge on any atom is -0.481 e. The van der Waals surface area contributed by atoms with Crippen molar-refractivity contribution >= 4 is 18.0 Å². The highest BCUT2D eigenvalue weighted by molar-refractivity contribution is 5.86. The van der Waals surface area contributed by atoms with E-state index in [0.717, 1.165) is 22.3 Å². The van der Waals surface area contributed by atoms with Gasteiger partial charge in [-0.05, 0) is 42.0 Å². The number of carbonyl (C=O) groups is 3. The Morgan fingerprint density at radius 3 is 2.19 bits per heavy atom. The summed E-state index contributed by atoms with van der Waals surface area (Å²) in [4.78, 5) is 35.7. The number of rotatable bonds is 10. The Bertz CT molecular complexity index is 933. The molecule has 0 fully saturated rings. The van der Waals surface area contributed by atoms with Crippen LogP contribution in [0.15, 0.2) is 48.5 Å². The van der Waals surface area contributed by atoms with E-state index in [9.17, 15) is 18.8 Å². The topological polar surface area (TPSA) is 105 Å². The van der Waals surface area contributed by atoms with Gasteiger partial charge in [-0.25, -0.2) is 9.18 Å². The van der Waals surface area contributed by atoms with E-state index >= 15 is 0 Å². The first-order chi connectivity index (χ1) is 15.4. The van der Waals surface area contributed by atoms with Crippen LogP contribution in [0.5, 0.6) is 0 Å². The first-order valence-electron chi connectivity index (χ1n) is 10.6. The maximum Gasteiger partial charge on any atom is 0.407 e. The molecule has 1 aliphatic rings. The zero-order valence-electron chi connectivity index (χ0n) is 17.8. The predicted octanol–water partition coefficient (Wildman–Crippen LogP) is 3.62. The van der Waals surface area contributed by atoms with Crippen LogP contribution in [0.25, 0.3) is 11.1 Å². The molecule has 0 saturated heterocycles. The second-order valence-electron chi connectivity index (χ2n) is 7.82. The van der Waals surface area contributed by atoms with Crippen molar-refractivity contribution in [3.8, 4) is 11.1 Å². The van der Waals surface area contributed by atoms with Gasteiger partial charge in [0.05, 0.1) is 6.17 Å². The minimum absolute atomic E-state index is 0.0759. The lowest BCUT2D eigenvalue weighted by Crippen LogP contribution is -2.47. The Kier molecular flexibility index (Phi) is 7.81. The van der Waals surface area contributed by atoms with Gasteiger partial charge in [-0.15, -0.1) is 0 Å². The van der Waals surface area contributed by atoms with Crippen LogP contribution in [0.4, 0.5) is 9.18 Å². The second-order valence-corrected chi connectivity index (χ2v) is 7.82. The normalized spacial score (nSPS) is 14.1. The van der Waals surface area contributed by atoms with E-state index in [0.29, 0.717) is 0 Å². The summed E-state index contributed by atoms with van der Waals surface area (Å²) < 4.78 is 18.4. The molecule has 32 heavy (non-hydrogen) atoms. The molecule has 0 aromatic heterocycles. The molecule has 0 spiro atoms. The van der Waals surface area contributed by atoms with Crippen LogP contribution in [0.3, 0.4) is 0 Å². The first kappa shape index (κ1) is 23.2. The van der Waals surface area contributed by atoms with Gasteiger partial charge in [0.1, 0.15) is 12.6 Å². The number of amides is 2. The Morgan fingerprint density at radius 2 is 1.62 bits per heavy atom. The zero-order chi connectivity index (χ0) is 23.1. The van der Waals surface area contributed by atoms with Crippen LogP contribution < -0.4 is 10.6 Å². The fourth-order valence-electron chi connectivity index (χ4n) is 3.84. The minimum atomic E-state index is -1.09. The third-order valence-corrected chi connectivity index (χ3v) is 5.44. The molecule has 0 heterocycles. The summed E-state index contributed by atoms with van der Waals surface area (Å²) in [5.41, 5.74) is 4.31. The summed E-state index contributed by atoms with van der Waals surface area (Å²) in [6.45, 7) is 1.54. The Morgan fingerprint density at radius 1 is 1.03 bits per heavy atom. The molecule has 2 atom stereocenters. The molecule has 2 unspecified atom stereocenters. The van der Waals surface area contributed by atoms with Crippen molar-refractivity contribution < 1.29 is 28.6 Å². The highest BCUT2D eigenvalue weighted by Crippen LogP contribution is 2.44. The average molecular weight is 442 g/mol. The summed E-state index contributed by atoms with van der Waals surface area (Å²) in [5, 5.41) is 13.9. The number of fused-ring (bicyclic) bond motifs is 3. The standard InChI is InChI=1S/C24H27FN2O5/c1-15(25)12-13-26-23(30)21(10-11-22(28)29)27-24(31)32-14-20-18-8-4-2-6-16(18)17-7-3-5-9-19(17)20/h2-9,15,20-21H,10-14H2,1H3,(H,26,30)(H,27,31)(H,28,29). The highest BCUT2D eigenvalue weighted by Gasteiger charge is 2.30. The third kappa shape index (κ3) is 5.84. The first-order valence-corrected chi connectivity index (χ1v) is 10.6. The van der Waals surface area contributed by atoms with Gasteiger partial charge in [0.25, 0.3) is 0 Å². The quantitative estimate of drug-likeness (QED) is 0.521. The zero-order valence-corrected chi connectivity index (χ0v) is 17.8. The largest absolute Gasteiger partial charge is 0.481 e. The molecule has 2 aromatic rings. The summed E-state index contributed by atoms with van der Waals surface area (Å²) in [7, 11) is 0. The molecule has 0 radical (unpaired) electrons. The lowest BCUT2D eigenvalue weighted by Gasteiger charge is -2.19. The Labute approximate surface area is 186 Å². The highest BCUT2D eigenvalue weighted by atomic mass is 19.1. The Hall–Kier alpha value is -3.42. The van der Waals surface area contributed by atoms with Crippen LogP contribution in [-0.2, 0) is 14.3 Å². The number of aliphatic carboxylic acids is 1. The third-order valence-electron chi connectivity index (χ3n) is 5.44. The monoisotopic (exact) mass is 442 g/mol. The van der Waals surface area contributed by atoms with E-state index in [-0.39, 0.29) is 38.3 Å².